The quantitative estimate of drug-likeness (QED) is 0.688. The molecule has 8 heteroatoms. The predicted octanol–water partition coefficient (Wildman–Crippen LogP) is 2.76. The fourth-order valence-corrected chi connectivity index (χ4v) is 5.62. The summed E-state index contributed by atoms with van der Waals surface area (Å²) in [6.45, 7) is 2.70. The summed E-state index contributed by atoms with van der Waals surface area (Å²) in [4.78, 5) is 28.1. The van der Waals surface area contributed by atoms with Gasteiger partial charge in [0.05, 0.1) is 11.4 Å². The Bertz CT molecular complexity index is 1030. The molecule has 2 aliphatic heterocycles. The molecular weight excluding hydrogens is 402 g/mol. The van der Waals surface area contributed by atoms with Gasteiger partial charge in [-0.2, -0.15) is 0 Å². The van der Waals surface area contributed by atoms with Crippen molar-refractivity contribution in [3.63, 3.8) is 0 Å². The van der Waals surface area contributed by atoms with Crippen LogP contribution < -0.4 is 4.90 Å². The van der Waals surface area contributed by atoms with Gasteiger partial charge in [-0.05, 0) is 37.5 Å². The molecule has 158 valence electrons. The van der Waals surface area contributed by atoms with Crippen molar-refractivity contribution >= 4 is 27.6 Å². The number of aryl methyl sites for hydroxylation is 1. The second-order valence-electron chi connectivity index (χ2n) is 7.85. The zero-order valence-electron chi connectivity index (χ0n) is 16.9. The summed E-state index contributed by atoms with van der Waals surface area (Å²) in [5.41, 5.74) is 2.42. The lowest BCUT2D eigenvalue weighted by molar-refractivity contribution is -0.116. The van der Waals surface area contributed by atoms with E-state index < -0.39 is 10.0 Å². The van der Waals surface area contributed by atoms with Crippen molar-refractivity contribution in [3.8, 4) is 0 Å². The Balaban J connectivity index is 1.39. The van der Waals surface area contributed by atoms with Crippen molar-refractivity contribution in [1.82, 2.24) is 9.21 Å². The van der Waals surface area contributed by atoms with E-state index in [-0.39, 0.29) is 30.3 Å². The Labute approximate surface area is 176 Å². The van der Waals surface area contributed by atoms with Crippen LogP contribution in [0, 0.1) is 6.92 Å². The van der Waals surface area contributed by atoms with E-state index in [4.69, 9.17) is 0 Å². The molecule has 0 aromatic heterocycles. The van der Waals surface area contributed by atoms with E-state index in [1.165, 1.54) is 9.21 Å². The van der Waals surface area contributed by atoms with Crippen LogP contribution in [-0.2, 0) is 20.6 Å². The highest BCUT2D eigenvalue weighted by Gasteiger charge is 2.42. The molecule has 2 aliphatic rings. The molecule has 7 nitrogen and oxygen atoms in total. The fourth-order valence-electron chi connectivity index (χ4n) is 4.05. The van der Waals surface area contributed by atoms with Gasteiger partial charge in [0.2, 0.25) is 10.0 Å². The molecule has 2 aromatic rings. The van der Waals surface area contributed by atoms with Crippen LogP contribution in [0.4, 0.5) is 10.5 Å². The van der Waals surface area contributed by atoms with Gasteiger partial charge in [-0.3, -0.25) is 4.79 Å². The van der Waals surface area contributed by atoms with Gasteiger partial charge in [-0.25, -0.2) is 22.4 Å². The van der Waals surface area contributed by atoms with Crippen molar-refractivity contribution in [2.24, 2.45) is 0 Å². The lowest BCUT2D eigenvalue weighted by Crippen LogP contribution is -2.48. The van der Waals surface area contributed by atoms with Gasteiger partial charge >= 0.3 is 6.03 Å². The van der Waals surface area contributed by atoms with Crippen molar-refractivity contribution < 1.29 is 18.0 Å². The second kappa shape index (κ2) is 8.20. The second-order valence-corrected chi connectivity index (χ2v) is 9.82. The van der Waals surface area contributed by atoms with E-state index in [9.17, 15) is 18.0 Å². The number of carbonyl (C=O) groups excluding carboxylic acids is 2. The minimum absolute atomic E-state index is 0.0269. The van der Waals surface area contributed by atoms with Crippen LogP contribution in [-0.4, -0.2) is 55.2 Å². The van der Waals surface area contributed by atoms with Gasteiger partial charge in [-0.1, -0.05) is 48.0 Å². The predicted molar refractivity (Wildman–Crippen MR) is 114 cm³/mol. The number of nitrogens with zero attached hydrogens (tertiary/aromatic N) is 3. The number of rotatable bonds is 5. The number of carbonyl (C=O) groups is 2. The Kier molecular flexibility index (Phi) is 5.62. The van der Waals surface area contributed by atoms with E-state index in [1.807, 2.05) is 37.3 Å². The monoisotopic (exact) mass is 427 g/mol. The SMILES string of the molecule is Cc1ccc(CS(=O)(=O)N2CCC(N3CC(=O)N(c4ccccc4)C3=O)CC2)cc1. The summed E-state index contributed by atoms with van der Waals surface area (Å²) in [6, 6.07) is 15.9. The Morgan fingerprint density at radius 1 is 0.933 bits per heavy atom. The van der Waals surface area contributed by atoms with E-state index in [2.05, 4.69) is 0 Å². The van der Waals surface area contributed by atoms with E-state index in [0.29, 0.717) is 31.6 Å². The number of anilines is 1. The van der Waals surface area contributed by atoms with Crippen molar-refractivity contribution in [1.29, 1.82) is 0 Å². The van der Waals surface area contributed by atoms with Gasteiger partial charge in [0, 0.05) is 19.1 Å². The standard InChI is InChI=1S/C22H25N3O4S/c1-17-7-9-18(10-8-17)16-30(28,29)23-13-11-19(12-14-23)24-15-21(26)25(22(24)27)20-5-3-2-4-6-20/h2-10,19H,11-16H2,1H3. The number of hydrogen-bond donors (Lipinski definition) is 0. The average molecular weight is 428 g/mol. The first-order valence-electron chi connectivity index (χ1n) is 10.1. The number of urea groups is 1. The number of benzene rings is 2. The van der Waals surface area contributed by atoms with E-state index >= 15 is 0 Å². The van der Waals surface area contributed by atoms with Crippen molar-refractivity contribution in [3.05, 3.63) is 65.7 Å². The maximum atomic E-state index is 12.9. The average Bonchev–Trinajstić information content (AvgIpc) is 3.04. The minimum Gasteiger partial charge on any atom is -0.312 e. The normalized spacial score (nSPS) is 19.0. The topological polar surface area (TPSA) is 78.0 Å². The molecule has 0 radical (unpaired) electrons. The lowest BCUT2D eigenvalue weighted by atomic mass is 10.1. The van der Waals surface area contributed by atoms with Crippen LogP contribution in [0.25, 0.3) is 0 Å². The number of imide groups is 1. The zero-order valence-corrected chi connectivity index (χ0v) is 17.7. The Morgan fingerprint density at radius 2 is 1.57 bits per heavy atom. The van der Waals surface area contributed by atoms with E-state index in [0.717, 1.165) is 11.1 Å². The van der Waals surface area contributed by atoms with Crippen molar-refractivity contribution in [2.75, 3.05) is 24.5 Å². The molecule has 0 bridgehead atoms. The summed E-state index contributed by atoms with van der Waals surface area (Å²) < 4.78 is 27.1. The maximum absolute atomic E-state index is 12.9. The number of sulfonamides is 1. The van der Waals surface area contributed by atoms with Crippen molar-refractivity contribution in [2.45, 2.75) is 31.6 Å². The molecule has 0 aliphatic carbocycles. The summed E-state index contributed by atoms with van der Waals surface area (Å²) in [5, 5.41) is 0. The maximum Gasteiger partial charge on any atom is 0.332 e. The highest BCUT2D eigenvalue weighted by atomic mass is 32.2. The summed E-state index contributed by atoms with van der Waals surface area (Å²) in [7, 11) is -3.42. The number of hydrogen-bond acceptors (Lipinski definition) is 4. The molecular formula is C22H25N3O4S. The number of piperidine rings is 1. The van der Waals surface area contributed by atoms with E-state index in [1.54, 1.807) is 29.2 Å². The van der Waals surface area contributed by atoms with Gasteiger partial charge in [-0.15, -0.1) is 0 Å². The number of amides is 3. The van der Waals surface area contributed by atoms with Crippen LogP contribution in [0.2, 0.25) is 0 Å². The summed E-state index contributed by atoms with van der Waals surface area (Å²) in [6.07, 6.45) is 1.05. The lowest BCUT2D eigenvalue weighted by Gasteiger charge is -2.35. The molecule has 2 fully saturated rings. The third-order valence-corrected chi connectivity index (χ3v) is 7.58. The first-order valence-corrected chi connectivity index (χ1v) is 11.7. The van der Waals surface area contributed by atoms with Gasteiger partial charge in [0.25, 0.3) is 5.91 Å². The first-order chi connectivity index (χ1) is 14.3. The van der Waals surface area contributed by atoms with Gasteiger partial charge in [0.1, 0.15) is 6.54 Å². The van der Waals surface area contributed by atoms with Crippen LogP contribution in [0.1, 0.15) is 24.0 Å². The Hall–Kier alpha value is -2.71. The third kappa shape index (κ3) is 4.11. The van der Waals surface area contributed by atoms with Gasteiger partial charge < -0.3 is 4.90 Å². The Morgan fingerprint density at radius 3 is 2.20 bits per heavy atom. The molecule has 2 heterocycles. The smallest absolute Gasteiger partial charge is 0.312 e. The molecule has 0 unspecified atom stereocenters. The molecule has 4 rings (SSSR count). The first kappa shape index (κ1) is 20.6. The summed E-state index contributed by atoms with van der Waals surface area (Å²) >= 11 is 0. The van der Waals surface area contributed by atoms with Crippen LogP contribution in [0.3, 0.4) is 0 Å². The van der Waals surface area contributed by atoms with Gasteiger partial charge in [0.15, 0.2) is 0 Å². The molecule has 0 atom stereocenters. The molecule has 0 saturated carbocycles. The largest absolute Gasteiger partial charge is 0.332 e. The molecule has 0 N–H and O–H groups in total. The van der Waals surface area contributed by atoms with Crippen LogP contribution >= 0.6 is 0 Å². The van der Waals surface area contributed by atoms with Crippen LogP contribution in [0.5, 0.6) is 0 Å². The molecule has 2 saturated heterocycles. The fraction of sp³-hybridized carbons (Fsp3) is 0.364. The molecule has 0 spiro atoms. The molecule has 2 aromatic carbocycles. The minimum atomic E-state index is -3.42. The number of para-hydroxylation sites is 1. The van der Waals surface area contributed by atoms with Crippen LogP contribution in [0.15, 0.2) is 54.6 Å². The third-order valence-electron chi connectivity index (χ3n) is 5.73. The highest BCUT2D eigenvalue weighted by Crippen LogP contribution is 2.27. The summed E-state index contributed by atoms with van der Waals surface area (Å²) in [5.74, 6) is -0.276. The molecule has 30 heavy (non-hydrogen) atoms. The molecule has 3 amide bonds. The zero-order chi connectivity index (χ0) is 21.3. The highest BCUT2D eigenvalue weighted by molar-refractivity contribution is 7.88.